The number of carbonyl (C=O) groups excluding carboxylic acids is 1. The second-order valence-electron chi connectivity index (χ2n) is 9.87. The van der Waals surface area contributed by atoms with Crippen LogP contribution in [0.2, 0.25) is 5.02 Å². The lowest BCUT2D eigenvalue weighted by atomic mass is 9.84. The molecule has 0 heterocycles. The molecule has 8 nitrogen and oxygen atoms in total. The summed E-state index contributed by atoms with van der Waals surface area (Å²) in [6.45, 7) is 5.21. The summed E-state index contributed by atoms with van der Waals surface area (Å²) in [5.74, 6) is 1.34. The maximum atomic E-state index is 13.7. The summed E-state index contributed by atoms with van der Waals surface area (Å²) in [6, 6.07) is 8.53. The molecule has 1 N–H and O–H groups in total. The topological polar surface area (TPSA) is 110 Å². The Bertz CT molecular complexity index is 1270. The van der Waals surface area contributed by atoms with Crippen molar-refractivity contribution in [3.8, 4) is 0 Å². The van der Waals surface area contributed by atoms with Gasteiger partial charge >= 0.3 is 0 Å². The van der Waals surface area contributed by atoms with E-state index in [1.165, 1.54) is 31.4 Å². The number of amides is 1. The maximum Gasteiger partial charge on any atom is 0.289 e. The molecule has 188 valence electrons. The van der Waals surface area contributed by atoms with Crippen LogP contribution in [0.15, 0.2) is 41.3 Å². The lowest BCUT2D eigenvalue weighted by Gasteiger charge is -2.30. The van der Waals surface area contributed by atoms with Gasteiger partial charge in [0, 0.05) is 12.1 Å². The number of sulfonamides is 1. The molecule has 2 bridgehead atoms. The molecule has 2 fully saturated rings. The van der Waals surface area contributed by atoms with Crippen molar-refractivity contribution in [2.45, 2.75) is 57.4 Å². The van der Waals surface area contributed by atoms with Gasteiger partial charge in [-0.3, -0.25) is 19.2 Å². The van der Waals surface area contributed by atoms with Gasteiger partial charge in [0.1, 0.15) is 11.6 Å². The minimum atomic E-state index is -4.31. The first-order chi connectivity index (χ1) is 16.5. The molecule has 2 aromatic carbocycles. The van der Waals surface area contributed by atoms with Crippen molar-refractivity contribution in [3.05, 3.63) is 62.7 Å². The highest BCUT2D eigenvalue weighted by molar-refractivity contribution is 7.92. The molecular formula is C25H30ClN3O5S. The average Bonchev–Trinajstić information content (AvgIpc) is 3.42. The van der Waals surface area contributed by atoms with Crippen molar-refractivity contribution in [3.63, 3.8) is 0 Å². The second kappa shape index (κ2) is 9.78. The van der Waals surface area contributed by atoms with Gasteiger partial charge in [-0.15, -0.1) is 0 Å². The predicted octanol–water partition coefficient (Wildman–Crippen LogP) is 5.00. The minimum absolute atomic E-state index is 0.0573. The van der Waals surface area contributed by atoms with Crippen LogP contribution < -0.4 is 9.62 Å². The number of aryl methyl sites for hydroxylation is 2. The van der Waals surface area contributed by atoms with E-state index in [4.69, 9.17) is 11.6 Å². The van der Waals surface area contributed by atoms with Crippen molar-refractivity contribution in [1.29, 1.82) is 0 Å². The molecule has 0 saturated heterocycles. The summed E-state index contributed by atoms with van der Waals surface area (Å²) < 4.78 is 28.5. The zero-order chi connectivity index (χ0) is 25.5. The molecule has 0 unspecified atom stereocenters. The number of halogens is 1. The van der Waals surface area contributed by atoms with Gasteiger partial charge in [-0.05, 0) is 81.5 Å². The third-order valence-electron chi connectivity index (χ3n) is 7.43. The normalized spacial score (nSPS) is 22.1. The summed E-state index contributed by atoms with van der Waals surface area (Å²) in [4.78, 5) is 23.5. The quantitative estimate of drug-likeness (QED) is 0.390. The first-order valence-electron chi connectivity index (χ1n) is 11.8. The summed E-state index contributed by atoms with van der Waals surface area (Å²) >= 11 is 5.90. The molecule has 10 heteroatoms. The SMILES string of the molecule is Cc1ccc(N(CC(=O)N[C@@H](C)[C@@H]2C[C@@H]3CC[C@@H]2C3)S(=O)(=O)c2ccc(Cl)c([N+](=O)[O-])c2)c(C)c1. The Morgan fingerprint density at radius 2 is 1.94 bits per heavy atom. The maximum absolute atomic E-state index is 13.7. The molecule has 35 heavy (non-hydrogen) atoms. The molecule has 1 amide bonds. The number of nitrogens with zero attached hydrogens (tertiary/aromatic N) is 2. The number of carbonyl (C=O) groups is 1. The van der Waals surface area contributed by atoms with Crippen molar-refractivity contribution in [2.24, 2.45) is 17.8 Å². The summed E-state index contributed by atoms with van der Waals surface area (Å²) in [7, 11) is -4.31. The fourth-order valence-electron chi connectivity index (χ4n) is 5.75. The van der Waals surface area contributed by atoms with Crippen LogP contribution in [-0.4, -0.2) is 31.8 Å². The Kier molecular flexibility index (Phi) is 7.11. The largest absolute Gasteiger partial charge is 0.352 e. The van der Waals surface area contributed by atoms with E-state index in [9.17, 15) is 23.3 Å². The smallest absolute Gasteiger partial charge is 0.289 e. The Hall–Kier alpha value is -2.65. The number of hydrogen-bond donors (Lipinski definition) is 1. The molecule has 4 rings (SSSR count). The molecule has 4 atom stereocenters. The Balaban J connectivity index is 1.64. The zero-order valence-corrected chi connectivity index (χ0v) is 21.6. The highest BCUT2D eigenvalue weighted by Gasteiger charge is 2.42. The van der Waals surface area contributed by atoms with Gasteiger partial charge in [-0.2, -0.15) is 0 Å². The van der Waals surface area contributed by atoms with Crippen LogP contribution in [0.25, 0.3) is 0 Å². The molecule has 2 aromatic rings. The number of nitrogens with one attached hydrogen (secondary N) is 1. The van der Waals surface area contributed by atoms with Crippen LogP contribution in [0.4, 0.5) is 11.4 Å². The second-order valence-corrected chi connectivity index (χ2v) is 12.1. The van der Waals surface area contributed by atoms with E-state index in [0.717, 1.165) is 28.3 Å². The summed E-state index contributed by atoms with van der Waals surface area (Å²) in [6.07, 6.45) is 4.75. The Morgan fingerprint density at radius 1 is 1.20 bits per heavy atom. The predicted molar refractivity (Wildman–Crippen MR) is 135 cm³/mol. The Labute approximate surface area is 210 Å². The Morgan fingerprint density at radius 3 is 2.54 bits per heavy atom. The van der Waals surface area contributed by atoms with E-state index >= 15 is 0 Å². The zero-order valence-electron chi connectivity index (χ0n) is 20.0. The van der Waals surface area contributed by atoms with E-state index in [-0.39, 0.29) is 16.0 Å². The van der Waals surface area contributed by atoms with Gasteiger partial charge in [0.15, 0.2) is 0 Å². The van der Waals surface area contributed by atoms with Crippen molar-refractivity contribution in [2.75, 3.05) is 10.8 Å². The van der Waals surface area contributed by atoms with Crippen LogP contribution >= 0.6 is 11.6 Å². The lowest BCUT2D eigenvalue weighted by molar-refractivity contribution is -0.384. The average molecular weight is 520 g/mol. The van der Waals surface area contributed by atoms with Gasteiger partial charge in [0.25, 0.3) is 15.7 Å². The van der Waals surface area contributed by atoms with E-state index in [1.807, 2.05) is 19.9 Å². The van der Waals surface area contributed by atoms with Gasteiger partial charge in [0.05, 0.1) is 15.5 Å². The molecular weight excluding hydrogens is 490 g/mol. The van der Waals surface area contributed by atoms with Crippen LogP contribution in [0.1, 0.15) is 43.7 Å². The lowest BCUT2D eigenvalue weighted by Crippen LogP contribution is -2.46. The van der Waals surface area contributed by atoms with E-state index in [0.29, 0.717) is 23.1 Å². The van der Waals surface area contributed by atoms with Crippen molar-refractivity contribution < 1.29 is 18.1 Å². The standard InChI is InChI=1S/C25H30ClN3O5S/c1-15-4-9-23(16(2)10-15)28(35(33,34)20-7-8-22(26)24(13-20)29(31)32)14-25(30)27-17(3)21-12-18-5-6-19(21)11-18/h4,7-10,13,17-19,21H,5-6,11-12,14H2,1-3H3,(H,27,30)/t17-,18+,19+,21-/m0/s1. The molecule has 2 aliphatic carbocycles. The number of nitro benzene ring substituents is 1. The van der Waals surface area contributed by atoms with Crippen molar-refractivity contribution in [1.82, 2.24) is 5.32 Å². The van der Waals surface area contributed by atoms with Gasteiger partial charge in [-0.25, -0.2) is 8.42 Å². The molecule has 2 saturated carbocycles. The monoisotopic (exact) mass is 519 g/mol. The summed E-state index contributed by atoms with van der Waals surface area (Å²) in [5.41, 5.74) is 1.45. The van der Waals surface area contributed by atoms with Crippen LogP contribution in [0.3, 0.4) is 0 Å². The highest BCUT2D eigenvalue weighted by Crippen LogP contribution is 2.49. The molecule has 0 aromatic heterocycles. The van der Waals surface area contributed by atoms with Gasteiger partial charge in [0.2, 0.25) is 5.91 Å². The molecule has 0 aliphatic heterocycles. The first-order valence-corrected chi connectivity index (χ1v) is 13.6. The van der Waals surface area contributed by atoms with Crippen LogP contribution in [0.5, 0.6) is 0 Å². The van der Waals surface area contributed by atoms with Crippen molar-refractivity contribution >= 4 is 38.9 Å². The number of fused-ring (bicyclic) bond motifs is 2. The molecule has 0 radical (unpaired) electrons. The number of anilines is 1. The van der Waals surface area contributed by atoms with Crippen LogP contribution in [-0.2, 0) is 14.8 Å². The minimum Gasteiger partial charge on any atom is -0.352 e. The third kappa shape index (κ3) is 5.16. The first kappa shape index (κ1) is 25.4. The number of rotatable bonds is 8. The van der Waals surface area contributed by atoms with Gasteiger partial charge in [-0.1, -0.05) is 35.7 Å². The van der Waals surface area contributed by atoms with E-state index < -0.39 is 33.1 Å². The summed E-state index contributed by atoms with van der Waals surface area (Å²) in [5, 5.41) is 14.2. The number of nitro groups is 1. The molecule has 0 spiro atoms. The fourth-order valence-corrected chi connectivity index (χ4v) is 7.44. The van der Waals surface area contributed by atoms with Gasteiger partial charge < -0.3 is 5.32 Å². The van der Waals surface area contributed by atoms with E-state index in [2.05, 4.69) is 5.32 Å². The molecule has 2 aliphatic rings. The van der Waals surface area contributed by atoms with E-state index in [1.54, 1.807) is 19.1 Å². The number of hydrogen-bond acceptors (Lipinski definition) is 5. The van der Waals surface area contributed by atoms with Crippen LogP contribution in [0, 0.1) is 41.7 Å². The third-order valence-corrected chi connectivity index (χ3v) is 9.51. The fraction of sp³-hybridized carbons (Fsp3) is 0.480. The number of benzene rings is 2. The highest BCUT2D eigenvalue weighted by atomic mass is 35.5.